The number of carbonyl (C=O) groups excluding carboxylic acids is 1. The normalized spacial score (nSPS) is 18.3. The molecule has 0 N–H and O–H groups in total. The summed E-state index contributed by atoms with van der Waals surface area (Å²) in [5.41, 5.74) is 2.71. The molecule has 0 bridgehead atoms. The molecule has 2 fully saturated rings. The zero-order chi connectivity index (χ0) is 18.8. The van der Waals surface area contributed by atoms with Gasteiger partial charge in [0.05, 0.1) is 0 Å². The number of amides is 1. The minimum absolute atomic E-state index is 0.0455. The molecule has 2 aromatic heterocycles. The number of aryl methyl sites for hydroxylation is 2. The van der Waals surface area contributed by atoms with Gasteiger partial charge in [-0.3, -0.25) is 9.48 Å². The molecular weight excluding hydrogens is 340 g/mol. The van der Waals surface area contributed by atoms with Crippen molar-refractivity contribution in [2.24, 2.45) is 0 Å². The number of nitrogens with zero attached hydrogens (tertiary/aromatic N) is 6. The van der Waals surface area contributed by atoms with Crippen LogP contribution in [-0.4, -0.2) is 56.7 Å². The molecule has 1 amide bonds. The van der Waals surface area contributed by atoms with E-state index >= 15 is 0 Å². The van der Waals surface area contributed by atoms with Crippen molar-refractivity contribution in [2.75, 3.05) is 31.1 Å². The van der Waals surface area contributed by atoms with Crippen molar-refractivity contribution in [1.82, 2.24) is 24.6 Å². The molecule has 144 valence electrons. The van der Waals surface area contributed by atoms with Crippen LogP contribution >= 0.6 is 0 Å². The van der Waals surface area contributed by atoms with Gasteiger partial charge >= 0.3 is 0 Å². The van der Waals surface area contributed by atoms with Crippen molar-refractivity contribution in [3.05, 3.63) is 35.5 Å². The first-order chi connectivity index (χ1) is 13.2. The van der Waals surface area contributed by atoms with Crippen LogP contribution in [0.4, 0.5) is 5.82 Å². The van der Waals surface area contributed by atoms with Crippen molar-refractivity contribution in [1.29, 1.82) is 0 Å². The quantitative estimate of drug-likeness (QED) is 0.830. The first-order valence-electron chi connectivity index (χ1n) is 10.1. The largest absolute Gasteiger partial charge is 0.357 e. The monoisotopic (exact) mass is 368 g/mol. The fourth-order valence-electron chi connectivity index (χ4n) is 4.18. The Morgan fingerprint density at radius 1 is 1.11 bits per heavy atom. The molecule has 4 heterocycles. The zero-order valence-electron chi connectivity index (χ0n) is 16.3. The van der Waals surface area contributed by atoms with Gasteiger partial charge in [-0.05, 0) is 45.6 Å². The van der Waals surface area contributed by atoms with Gasteiger partial charge in [-0.15, -0.1) is 0 Å². The molecule has 2 aliphatic heterocycles. The molecule has 4 rings (SSSR count). The number of aromatic nitrogens is 4. The fraction of sp³-hybridized carbons (Fsp3) is 0.600. The van der Waals surface area contributed by atoms with Gasteiger partial charge in [-0.2, -0.15) is 5.10 Å². The van der Waals surface area contributed by atoms with Crippen LogP contribution in [0.3, 0.4) is 0 Å². The lowest BCUT2D eigenvalue weighted by molar-refractivity contribution is 0.0705. The highest BCUT2D eigenvalue weighted by Crippen LogP contribution is 2.29. The van der Waals surface area contributed by atoms with E-state index in [4.69, 9.17) is 0 Å². The number of hydrogen-bond donors (Lipinski definition) is 0. The van der Waals surface area contributed by atoms with Gasteiger partial charge in [0.1, 0.15) is 12.1 Å². The zero-order valence-corrected chi connectivity index (χ0v) is 16.3. The molecule has 0 spiro atoms. The van der Waals surface area contributed by atoms with E-state index in [2.05, 4.69) is 26.0 Å². The van der Waals surface area contributed by atoms with Gasteiger partial charge in [-0.1, -0.05) is 0 Å². The number of rotatable bonds is 4. The summed E-state index contributed by atoms with van der Waals surface area (Å²) in [4.78, 5) is 26.0. The van der Waals surface area contributed by atoms with Crippen LogP contribution in [0.15, 0.2) is 18.5 Å². The Morgan fingerprint density at radius 2 is 1.85 bits per heavy atom. The maximum Gasteiger partial charge on any atom is 0.274 e. The number of likely N-dealkylation sites (tertiary alicyclic amines) is 1. The van der Waals surface area contributed by atoms with Crippen molar-refractivity contribution in [2.45, 2.75) is 52.0 Å². The Bertz CT molecular complexity index is 803. The van der Waals surface area contributed by atoms with E-state index in [1.807, 2.05) is 29.5 Å². The summed E-state index contributed by atoms with van der Waals surface area (Å²) in [6.07, 6.45) is 6.06. The maximum atomic E-state index is 12.8. The smallest absolute Gasteiger partial charge is 0.274 e. The lowest BCUT2D eigenvalue weighted by atomic mass is 9.93. The first-order valence-corrected chi connectivity index (χ1v) is 10.1. The average molecular weight is 368 g/mol. The van der Waals surface area contributed by atoms with Gasteiger partial charge in [0, 0.05) is 56.1 Å². The van der Waals surface area contributed by atoms with Gasteiger partial charge < -0.3 is 9.80 Å². The molecule has 0 atom stereocenters. The third-order valence-corrected chi connectivity index (χ3v) is 5.80. The summed E-state index contributed by atoms with van der Waals surface area (Å²) < 4.78 is 1.88. The van der Waals surface area contributed by atoms with Crippen LogP contribution in [-0.2, 0) is 6.54 Å². The molecule has 0 unspecified atom stereocenters. The molecule has 27 heavy (non-hydrogen) atoms. The molecule has 7 heteroatoms. The number of hydrogen-bond acceptors (Lipinski definition) is 5. The van der Waals surface area contributed by atoms with Gasteiger partial charge in [0.25, 0.3) is 5.91 Å². The Labute approximate surface area is 160 Å². The van der Waals surface area contributed by atoms with E-state index in [0.29, 0.717) is 11.6 Å². The van der Waals surface area contributed by atoms with Crippen LogP contribution < -0.4 is 4.90 Å². The van der Waals surface area contributed by atoms with Crippen LogP contribution in [0.5, 0.6) is 0 Å². The predicted molar refractivity (Wildman–Crippen MR) is 104 cm³/mol. The lowest BCUT2D eigenvalue weighted by Crippen LogP contribution is -2.38. The standard InChI is InChI=1S/C20H28N6O/c1-3-26-15(2)12-18(23-26)20(27)25-10-6-16(7-11-25)17-13-19(22-14-21-17)24-8-4-5-9-24/h12-14,16H,3-11H2,1-2H3. The molecule has 2 aromatic rings. The molecule has 0 aliphatic carbocycles. The van der Waals surface area contributed by atoms with Gasteiger partial charge in [-0.25, -0.2) is 9.97 Å². The Balaban J connectivity index is 1.40. The lowest BCUT2D eigenvalue weighted by Gasteiger charge is -2.31. The molecular formula is C20H28N6O. The summed E-state index contributed by atoms with van der Waals surface area (Å²) >= 11 is 0. The molecule has 7 nitrogen and oxygen atoms in total. The predicted octanol–water partition coefficient (Wildman–Crippen LogP) is 2.62. The molecule has 0 aromatic carbocycles. The minimum atomic E-state index is 0.0455. The highest BCUT2D eigenvalue weighted by molar-refractivity contribution is 5.92. The second kappa shape index (κ2) is 7.66. The van der Waals surface area contributed by atoms with E-state index in [9.17, 15) is 4.79 Å². The van der Waals surface area contributed by atoms with Crippen molar-refractivity contribution >= 4 is 11.7 Å². The second-order valence-corrected chi connectivity index (χ2v) is 7.55. The van der Waals surface area contributed by atoms with E-state index in [-0.39, 0.29) is 5.91 Å². The van der Waals surface area contributed by atoms with Crippen LogP contribution in [0.2, 0.25) is 0 Å². The fourth-order valence-corrected chi connectivity index (χ4v) is 4.18. The van der Waals surface area contributed by atoms with E-state index in [1.165, 1.54) is 12.8 Å². The summed E-state index contributed by atoms with van der Waals surface area (Å²) in [5, 5.41) is 4.44. The van der Waals surface area contributed by atoms with Crippen LogP contribution in [0, 0.1) is 6.92 Å². The Kier molecular flexibility index (Phi) is 5.09. The molecule has 2 aliphatic rings. The van der Waals surface area contributed by atoms with Gasteiger partial charge in [0.15, 0.2) is 5.69 Å². The number of carbonyl (C=O) groups is 1. The third kappa shape index (κ3) is 3.68. The molecule has 0 saturated carbocycles. The van der Waals surface area contributed by atoms with Crippen LogP contribution in [0.1, 0.15) is 60.4 Å². The van der Waals surface area contributed by atoms with E-state index in [0.717, 1.165) is 62.8 Å². The highest BCUT2D eigenvalue weighted by Gasteiger charge is 2.27. The number of piperidine rings is 1. The molecule has 2 saturated heterocycles. The SMILES string of the molecule is CCn1nc(C(=O)N2CCC(c3cc(N4CCCC4)ncn3)CC2)cc1C. The summed E-state index contributed by atoms with van der Waals surface area (Å²) in [7, 11) is 0. The third-order valence-electron chi connectivity index (χ3n) is 5.80. The van der Waals surface area contributed by atoms with Gasteiger partial charge in [0.2, 0.25) is 0 Å². The highest BCUT2D eigenvalue weighted by atomic mass is 16.2. The summed E-state index contributed by atoms with van der Waals surface area (Å²) in [6, 6.07) is 4.05. The minimum Gasteiger partial charge on any atom is -0.357 e. The first kappa shape index (κ1) is 17.9. The maximum absolute atomic E-state index is 12.8. The number of anilines is 1. The topological polar surface area (TPSA) is 67.2 Å². The molecule has 0 radical (unpaired) electrons. The van der Waals surface area contributed by atoms with Crippen molar-refractivity contribution in [3.8, 4) is 0 Å². The van der Waals surface area contributed by atoms with Crippen LogP contribution in [0.25, 0.3) is 0 Å². The van der Waals surface area contributed by atoms with E-state index < -0.39 is 0 Å². The second-order valence-electron chi connectivity index (χ2n) is 7.55. The Morgan fingerprint density at radius 3 is 2.52 bits per heavy atom. The summed E-state index contributed by atoms with van der Waals surface area (Å²) in [6.45, 7) is 8.51. The average Bonchev–Trinajstić information content (AvgIpc) is 3.37. The summed E-state index contributed by atoms with van der Waals surface area (Å²) in [5.74, 6) is 1.49. The van der Waals surface area contributed by atoms with Crippen molar-refractivity contribution in [3.63, 3.8) is 0 Å². The van der Waals surface area contributed by atoms with Crippen molar-refractivity contribution < 1.29 is 4.79 Å². The Hall–Kier alpha value is -2.44. The van der Waals surface area contributed by atoms with E-state index in [1.54, 1.807) is 6.33 Å².